The van der Waals surface area contributed by atoms with Crippen molar-refractivity contribution in [1.82, 2.24) is 4.98 Å². The molecule has 1 heterocycles. The Labute approximate surface area is 84.5 Å². The summed E-state index contributed by atoms with van der Waals surface area (Å²) >= 11 is 0. The smallest absolute Gasteiger partial charge is 0.168 e. The molecular weight excluding hydrogens is 176 g/mol. The van der Waals surface area contributed by atoms with Gasteiger partial charge in [0.1, 0.15) is 0 Å². The number of nitrogens with one attached hydrogen (secondary N) is 1. The van der Waals surface area contributed by atoms with Gasteiger partial charge in [-0.1, -0.05) is 0 Å². The number of hydrogen-bond donors (Lipinski definition) is 1. The van der Waals surface area contributed by atoms with Gasteiger partial charge < -0.3 is 10.1 Å². The Hall–Kier alpha value is -1.69. The fourth-order valence-electron chi connectivity index (χ4n) is 1.05. The van der Waals surface area contributed by atoms with Crippen molar-refractivity contribution >= 4 is 5.82 Å². The third-order valence-corrected chi connectivity index (χ3v) is 1.63. The van der Waals surface area contributed by atoms with Crippen LogP contribution in [0.4, 0.5) is 5.82 Å². The van der Waals surface area contributed by atoms with Crippen molar-refractivity contribution in [2.45, 2.75) is 13.3 Å². The zero-order valence-electron chi connectivity index (χ0n) is 8.29. The molecule has 0 amide bonds. The number of rotatable bonds is 5. The van der Waals surface area contributed by atoms with Crippen molar-refractivity contribution in [2.75, 3.05) is 18.5 Å². The molecule has 14 heavy (non-hydrogen) atoms. The summed E-state index contributed by atoms with van der Waals surface area (Å²) in [7, 11) is 0. The van der Waals surface area contributed by atoms with Gasteiger partial charge in [0.15, 0.2) is 11.6 Å². The van der Waals surface area contributed by atoms with Crippen LogP contribution in [0.15, 0.2) is 18.3 Å². The van der Waals surface area contributed by atoms with Crippen LogP contribution in [0.25, 0.3) is 0 Å². The Morgan fingerprint density at radius 3 is 3.21 bits per heavy atom. The molecule has 0 saturated heterocycles. The molecule has 1 rings (SSSR count). The molecule has 1 aromatic rings. The van der Waals surface area contributed by atoms with Crippen LogP contribution in [0.1, 0.15) is 13.3 Å². The molecule has 0 unspecified atom stereocenters. The summed E-state index contributed by atoms with van der Waals surface area (Å²) in [6.07, 6.45) is 7.55. The van der Waals surface area contributed by atoms with Crippen LogP contribution >= 0.6 is 0 Å². The predicted octanol–water partition coefficient (Wildman–Crippen LogP) is 1.92. The minimum atomic E-state index is 0.634. The Kier molecular flexibility index (Phi) is 4.36. The molecule has 0 radical (unpaired) electrons. The molecule has 3 nitrogen and oxygen atoms in total. The Morgan fingerprint density at radius 2 is 2.50 bits per heavy atom. The number of ether oxygens (including phenoxy) is 1. The van der Waals surface area contributed by atoms with E-state index in [1.165, 1.54) is 0 Å². The van der Waals surface area contributed by atoms with E-state index in [-0.39, 0.29) is 0 Å². The number of hydrogen-bond acceptors (Lipinski definition) is 3. The van der Waals surface area contributed by atoms with Gasteiger partial charge in [0, 0.05) is 19.2 Å². The quantitative estimate of drug-likeness (QED) is 0.569. The number of aromatic nitrogens is 1. The lowest BCUT2D eigenvalue weighted by molar-refractivity contribution is 0.340. The standard InChI is InChI=1S/C11H14N2O/c1-3-5-8-12-11-10(14-4-2)7-6-9-13-11/h1,6-7,9H,4-5,8H2,2H3,(H,12,13). The molecule has 74 valence electrons. The maximum atomic E-state index is 5.39. The largest absolute Gasteiger partial charge is 0.490 e. The summed E-state index contributed by atoms with van der Waals surface area (Å²) in [5, 5.41) is 3.12. The molecule has 1 aromatic heterocycles. The van der Waals surface area contributed by atoms with Gasteiger partial charge in [-0.15, -0.1) is 12.3 Å². The topological polar surface area (TPSA) is 34.2 Å². The first kappa shape index (κ1) is 10.4. The van der Waals surface area contributed by atoms with Crippen LogP contribution in [-0.2, 0) is 0 Å². The van der Waals surface area contributed by atoms with Gasteiger partial charge >= 0.3 is 0 Å². The van der Waals surface area contributed by atoms with Crippen LogP contribution in [0, 0.1) is 12.3 Å². The molecule has 0 fully saturated rings. The second kappa shape index (κ2) is 5.87. The third kappa shape index (κ3) is 2.98. The van der Waals surface area contributed by atoms with Crippen LogP contribution in [0.5, 0.6) is 5.75 Å². The van der Waals surface area contributed by atoms with Crippen molar-refractivity contribution in [3.8, 4) is 18.1 Å². The molecule has 0 spiro atoms. The van der Waals surface area contributed by atoms with Gasteiger partial charge in [-0.25, -0.2) is 4.98 Å². The Morgan fingerprint density at radius 1 is 1.64 bits per heavy atom. The fourth-order valence-corrected chi connectivity index (χ4v) is 1.05. The Bertz CT molecular complexity index is 317. The van der Waals surface area contributed by atoms with E-state index in [4.69, 9.17) is 11.2 Å². The molecule has 3 heteroatoms. The fraction of sp³-hybridized carbons (Fsp3) is 0.364. The lowest BCUT2D eigenvalue weighted by Crippen LogP contribution is -2.05. The van der Waals surface area contributed by atoms with E-state index < -0.39 is 0 Å². The first-order valence-corrected chi connectivity index (χ1v) is 4.63. The van der Waals surface area contributed by atoms with Gasteiger partial charge in [-0.05, 0) is 19.1 Å². The van der Waals surface area contributed by atoms with Gasteiger partial charge in [-0.3, -0.25) is 0 Å². The van der Waals surface area contributed by atoms with Gasteiger partial charge in [-0.2, -0.15) is 0 Å². The summed E-state index contributed by atoms with van der Waals surface area (Å²) < 4.78 is 5.39. The van der Waals surface area contributed by atoms with Crippen LogP contribution in [0.2, 0.25) is 0 Å². The minimum absolute atomic E-state index is 0.634. The highest BCUT2D eigenvalue weighted by molar-refractivity contribution is 5.49. The molecule has 0 aromatic carbocycles. The van der Waals surface area contributed by atoms with E-state index in [0.717, 1.165) is 11.6 Å². The first-order valence-electron chi connectivity index (χ1n) is 4.63. The SMILES string of the molecule is C#CCCNc1ncccc1OCC. The number of pyridine rings is 1. The van der Waals surface area contributed by atoms with E-state index in [2.05, 4.69) is 16.2 Å². The average molecular weight is 190 g/mol. The normalized spacial score (nSPS) is 9.14. The van der Waals surface area contributed by atoms with E-state index in [0.29, 0.717) is 19.6 Å². The monoisotopic (exact) mass is 190 g/mol. The first-order chi connectivity index (χ1) is 6.88. The molecule has 0 atom stereocenters. The molecule has 0 aliphatic heterocycles. The molecular formula is C11H14N2O. The number of anilines is 1. The summed E-state index contributed by atoms with van der Waals surface area (Å²) in [6, 6.07) is 3.73. The van der Waals surface area contributed by atoms with Crippen molar-refractivity contribution < 1.29 is 4.74 Å². The van der Waals surface area contributed by atoms with E-state index in [1.807, 2.05) is 19.1 Å². The molecule has 0 saturated carbocycles. The van der Waals surface area contributed by atoms with Gasteiger partial charge in [0.05, 0.1) is 6.61 Å². The van der Waals surface area contributed by atoms with E-state index >= 15 is 0 Å². The highest BCUT2D eigenvalue weighted by Crippen LogP contribution is 2.20. The maximum absolute atomic E-state index is 5.39. The number of terminal acetylenes is 1. The molecule has 0 aliphatic carbocycles. The number of nitrogens with zero attached hydrogens (tertiary/aromatic N) is 1. The highest BCUT2D eigenvalue weighted by atomic mass is 16.5. The van der Waals surface area contributed by atoms with Crippen LogP contribution < -0.4 is 10.1 Å². The molecule has 0 aliphatic rings. The van der Waals surface area contributed by atoms with E-state index in [9.17, 15) is 0 Å². The van der Waals surface area contributed by atoms with Crippen molar-refractivity contribution in [3.05, 3.63) is 18.3 Å². The maximum Gasteiger partial charge on any atom is 0.168 e. The highest BCUT2D eigenvalue weighted by Gasteiger charge is 2.01. The zero-order valence-corrected chi connectivity index (χ0v) is 8.29. The van der Waals surface area contributed by atoms with Crippen molar-refractivity contribution in [1.29, 1.82) is 0 Å². The summed E-state index contributed by atoms with van der Waals surface area (Å²) in [6.45, 7) is 3.29. The zero-order chi connectivity index (χ0) is 10.2. The van der Waals surface area contributed by atoms with Crippen molar-refractivity contribution in [3.63, 3.8) is 0 Å². The van der Waals surface area contributed by atoms with Crippen LogP contribution in [-0.4, -0.2) is 18.1 Å². The minimum Gasteiger partial charge on any atom is -0.490 e. The predicted molar refractivity (Wildman–Crippen MR) is 57.3 cm³/mol. The lowest BCUT2D eigenvalue weighted by Gasteiger charge is -2.09. The summed E-state index contributed by atoms with van der Waals surface area (Å²) in [5.74, 6) is 4.08. The molecule has 1 N–H and O–H groups in total. The second-order valence-electron chi connectivity index (χ2n) is 2.66. The summed E-state index contributed by atoms with van der Waals surface area (Å²) in [4.78, 5) is 4.16. The van der Waals surface area contributed by atoms with Crippen molar-refractivity contribution in [2.24, 2.45) is 0 Å². The second-order valence-corrected chi connectivity index (χ2v) is 2.66. The van der Waals surface area contributed by atoms with Gasteiger partial charge in [0.25, 0.3) is 0 Å². The summed E-state index contributed by atoms with van der Waals surface area (Å²) in [5.41, 5.74) is 0. The Balaban J connectivity index is 2.60. The van der Waals surface area contributed by atoms with Gasteiger partial charge in [0.2, 0.25) is 0 Å². The molecule has 0 bridgehead atoms. The van der Waals surface area contributed by atoms with Crippen LogP contribution in [0.3, 0.4) is 0 Å². The lowest BCUT2D eigenvalue weighted by atomic mass is 10.4. The third-order valence-electron chi connectivity index (χ3n) is 1.63. The van der Waals surface area contributed by atoms with E-state index in [1.54, 1.807) is 6.20 Å². The average Bonchev–Trinajstić information content (AvgIpc) is 2.21.